The van der Waals surface area contributed by atoms with Crippen LogP contribution in [-0.2, 0) is 4.74 Å². The minimum absolute atomic E-state index is 0.171. The number of hydrogen-bond donors (Lipinski definition) is 0. The van der Waals surface area contributed by atoms with Crippen LogP contribution >= 0.6 is 0 Å². The minimum Gasteiger partial charge on any atom is -0.379 e. The third-order valence-electron chi connectivity index (χ3n) is 6.78. The third kappa shape index (κ3) is 3.20. The SMILES string of the molecule is CCCC(CCC)N1C(=O)c2ccc3c4c(ccc(c24)C1=O)C(=O)N(N1CCOCC1)C3=O. The van der Waals surface area contributed by atoms with Gasteiger partial charge in [-0.3, -0.25) is 24.1 Å². The summed E-state index contributed by atoms with van der Waals surface area (Å²) < 4.78 is 5.36. The molecule has 0 unspecified atom stereocenters. The molecule has 8 heteroatoms. The highest BCUT2D eigenvalue weighted by Gasteiger charge is 2.42. The Labute approximate surface area is 192 Å². The molecule has 3 aliphatic heterocycles. The van der Waals surface area contributed by atoms with E-state index in [1.54, 1.807) is 29.3 Å². The largest absolute Gasteiger partial charge is 0.379 e. The molecule has 0 aliphatic carbocycles. The summed E-state index contributed by atoms with van der Waals surface area (Å²) >= 11 is 0. The molecule has 0 atom stereocenters. The summed E-state index contributed by atoms with van der Waals surface area (Å²) in [5, 5.41) is 3.72. The van der Waals surface area contributed by atoms with Gasteiger partial charge in [-0.2, -0.15) is 0 Å². The molecule has 0 bridgehead atoms. The van der Waals surface area contributed by atoms with Crippen LogP contribution in [0.5, 0.6) is 0 Å². The Morgan fingerprint density at radius 3 is 1.58 bits per heavy atom. The van der Waals surface area contributed by atoms with Gasteiger partial charge in [-0.1, -0.05) is 26.7 Å². The molecule has 3 heterocycles. The van der Waals surface area contributed by atoms with Gasteiger partial charge < -0.3 is 4.74 Å². The van der Waals surface area contributed by atoms with Crippen LogP contribution in [0.2, 0.25) is 0 Å². The quantitative estimate of drug-likeness (QED) is 0.629. The van der Waals surface area contributed by atoms with Gasteiger partial charge in [0.1, 0.15) is 0 Å². The number of carbonyl (C=O) groups excluding carboxylic acids is 4. The van der Waals surface area contributed by atoms with Gasteiger partial charge in [0.2, 0.25) is 0 Å². The van der Waals surface area contributed by atoms with E-state index in [1.807, 2.05) is 13.8 Å². The normalized spacial score (nSPS) is 18.8. The summed E-state index contributed by atoms with van der Waals surface area (Å²) in [6, 6.07) is 6.33. The number of carbonyl (C=O) groups is 4. The lowest BCUT2D eigenvalue weighted by molar-refractivity contribution is -0.0553. The van der Waals surface area contributed by atoms with E-state index < -0.39 is 11.8 Å². The predicted molar refractivity (Wildman–Crippen MR) is 121 cm³/mol. The highest BCUT2D eigenvalue weighted by molar-refractivity contribution is 6.33. The Morgan fingerprint density at radius 2 is 1.15 bits per heavy atom. The first-order chi connectivity index (χ1) is 16.0. The number of morpholine rings is 1. The van der Waals surface area contributed by atoms with Crippen molar-refractivity contribution in [2.24, 2.45) is 0 Å². The summed E-state index contributed by atoms with van der Waals surface area (Å²) in [4.78, 5) is 55.2. The van der Waals surface area contributed by atoms with E-state index in [0.29, 0.717) is 59.3 Å². The van der Waals surface area contributed by atoms with Gasteiger partial charge in [0.15, 0.2) is 0 Å². The fraction of sp³-hybridized carbons (Fsp3) is 0.440. The van der Waals surface area contributed by atoms with Crippen molar-refractivity contribution in [2.45, 2.75) is 45.6 Å². The van der Waals surface area contributed by atoms with Gasteiger partial charge in [-0.05, 0) is 37.1 Å². The molecule has 2 aromatic rings. The Balaban J connectivity index is 1.65. The van der Waals surface area contributed by atoms with Crippen molar-refractivity contribution in [3.05, 3.63) is 46.5 Å². The van der Waals surface area contributed by atoms with Gasteiger partial charge in [0.25, 0.3) is 23.6 Å². The Hall–Kier alpha value is -3.10. The second-order valence-electron chi connectivity index (χ2n) is 8.77. The molecule has 2 aromatic carbocycles. The highest BCUT2D eigenvalue weighted by Crippen LogP contribution is 2.39. The van der Waals surface area contributed by atoms with Crippen LogP contribution in [0.3, 0.4) is 0 Å². The molecular weight excluding hydrogens is 422 g/mol. The van der Waals surface area contributed by atoms with Crippen LogP contribution in [0.1, 0.15) is 81.0 Å². The van der Waals surface area contributed by atoms with Crippen molar-refractivity contribution in [3.8, 4) is 0 Å². The van der Waals surface area contributed by atoms with Crippen molar-refractivity contribution in [2.75, 3.05) is 26.3 Å². The van der Waals surface area contributed by atoms with E-state index in [9.17, 15) is 19.2 Å². The zero-order valence-electron chi connectivity index (χ0n) is 18.9. The second-order valence-corrected chi connectivity index (χ2v) is 8.77. The van der Waals surface area contributed by atoms with Crippen LogP contribution in [0.25, 0.3) is 10.8 Å². The first-order valence-corrected chi connectivity index (χ1v) is 11.7. The molecule has 0 aromatic heterocycles. The van der Waals surface area contributed by atoms with E-state index >= 15 is 0 Å². The number of rotatable bonds is 6. The standard InChI is InChI=1S/C25H27N3O5/c1-3-5-15(6-4-2)27-22(29)16-7-9-18-21-19(10-8-17(20(16)21)23(27)30)25(32)28(24(18)31)26-11-13-33-14-12-26/h7-10,15H,3-6,11-14H2,1-2H3. The second kappa shape index (κ2) is 8.35. The maximum atomic E-state index is 13.5. The molecule has 4 amide bonds. The van der Waals surface area contributed by atoms with Crippen LogP contribution in [0, 0.1) is 0 Å². The molecule has 0 N–H and O–H groups in total. The van der Waals surface area contributed by atoms with E-state index in [-0.39, 0.29) is 17.9 Å². The Bertz CT molecular complexity index is 1110. The fourth-order valence-corrected chi connectivity index (χ4v) is 5.29. The van der Waals surface area contributed by atoms with Crippen LogP contribution in [-0.4, -0.2) is 70.9 Å². The molecule has 172 valence electrons. The average Bonchev–Trinajstić information content (AvgIpc) is 2.82. The first kappa shape index (κ1) is 21.7. The maximum absolute atomic E-state index is 13.5. The molecular formula is C25H27N3O5. The highest BCUT2D eigenvalue weighted by atomic mass is 16.5. The zero-order chi connectivity index (χ0) is 23.3. The van der Waals surface area contributed by atoms with E-state index in [0.717, 1.165) is 25.7 Å². The summed E-state index contributed by atoms with van der Waals surface area (Å²) in [6.07, 6.45) is 3.21. The Kier molecular flexibility index (Phi) is 5.50. The number of ether oxygens (including phenoxy) is 1. The summed E-state index contributed by atoms with van der Waals surface area (Å²) in [5.41, 5.74) is 1.43. The van der Waals surface area contributed by atoms with Crippen molar-refractivity contribution < 1.29 is 23.9 Å². The third-order valence-corrected chi connectivity index (χ3v) is 6.78. The number of amides is 4. The fourth-order valence-electron chi connectivity index (χ4n) is 5.29. The molecule has 0 saturated carbocycles. The number of imide groups is 2. The van der Waals surface area contributed by atoms with E-state index in [2.05, 4.69) is 0 Å². The summed E-state index contributed by atoms with van der Waals surface area (Å²) in [5.74, 6) is -1.57. The molecule has 33 heavy (non-hydrogen) atoms. The minimum atomic E-state index is -0.435. The van der Waals surface area contributed by atoms with Gasteiger partial charge in [-0.25, -0.2) is 10.0 Å². The van der Waals surface area contributed by atoms with Crippen molar-refractivity contribution >= 4 is 34.4 Å². The smallest absolute Gasteiger partial charge is 0.276 e. The molecule has 0 spiro atoms. The first-order valence-electron chi connectivity index (χ1n) is 11.7. The van der Waals surface area contributed by atoms with Crippen LogP contribution in [0.15, 0.2) is 24.3 Å². The number of benzene rings is 2. The van der Waals surface area contributed by atoms with Crippen LogP contribution < -0.4 is 0 Å². The molecule has 1 saturated heterocycles. The lowest BCUT2D eigenvalue weighted by Crippen LogP contribution is -2.55. The monoisotopic (exact) mass is 449 g/mol. The number of hydrogen-bond acceptors (Lipinski definition) is 6. The number of hydrazine groups is 1. The average molecular weight is 450 g/mol. The van der Waals surface area contributed by atoms with Crippen LogP contribution in [0.4, 0.5) is 0 Å². The van der Waals surface area contributed by atoms with Gasteiger partial charge in [0, 0.05) is 41.0 Å². The Morgan fingerprint density at radius 1 is 0.727 bits per heavy atom. The van der Waals surface area contributed by atoms with E-state index in [1.165, 1.54) is 9.91 Å². The number of nitrogens with zero attached hydrogens (tertiary/aromatic N) is 3. The lowest BCUT2D eigenvalue weighted by atomic mass is 9.85. The van der Waals surface area contributed by atoms with E-state index in [4.69, 9.17) is 4.74 Å². The molecule has 5 rings (SSSR count). The van der Waals surface area contributed by atoms with Gasteiger partial charge in [0.05, 0.1) is 24.3 Å². The topological polar surface area (TPSA) is 87.2 Å². The lowest BCUT2D eigenvalue weighted by Gasteiger charge is -2.39. The van der Waals surface area contributed by atoms with Gasteiger partial charge >= 0.3 is 0 Å². The van der Waals surface area contributed by atoms with Gasteiger partial charge in [-0.15, -0.1) is 0 Å². The molecule has 8 nitrogen and oxygen atoms in total. The maximum Gasteiger partial charge on any atom is 0.276 e. The molecule has 1 fully saturated rings. The predicted octanol–water partition coefficient (Wildman–Crippen LogP) is 3.25. The zero-order valence-corrected chi connectivity index (χ0v) is 18.9. The molecule has 3 aliphatic rings. The van der Waals surface area contributed by atoms with Crippen molar-refractivity contribution in [3.63, 3.8) is 0 Å². The van der Waals surface area contributed by atoms with Crippen molar-refractivity contribution in [1.82, 2.24) is 14.9 Å². The summed E-state index contributed by atoms with van der Waals surface area (Å²) in [7, 11) is 0. The molecule has 0 radical (unpaired) electrons. The van der Waals surface area contributed by atoms with Crippen molar-refractivity contribution in [1.29, 1.82) is 0 Å². The summed E-state index contributed by atoms with van der Waals surface area (Å²) in [6.45, 7) is 5.83.